The molecule has 0 aromatic heterocycles. The van der Waals surface area contributed by atoms with E-state index in [0.717, 1.165) is 9.80 Å². The zero-order valence-corrected chi connectivity index (χ0v) is 27.6. The van der Waals surface area contributed by atoms with E-state index in [9.17, 15) is 34.3 Å². The molecule has 2 aliphatic carbocycles. The smallest absolute Gasteiger partial charge is 0.488 e. The van der Waals surface area contributed by atoms with Crippen molar-refractivity contribution >= 4 is 104 Å². The number of alkyl halides is 3. The summed E-state index contributed by atoms with van der Waals surface area (Å²) in [5.41, 5.74) is 1.19. The van der Waals surface area contributed by atoms with Crippen molar-refractivity contribution in [2.75, 3.05) is 17.5 Å². The number of phenols is 1. The topological polar surface area (TPSA) is 145 Å². The number of ether oxygens (including phenoxy) is 1. The molecule has 6 rings (SSSR count). The first-order chi connectivity index (χ1) is 20.3. The van der Waals surface area contributed by atoms with Gasteiger partial charge in [-0.3, -0.25) is 29.0 Å². The van der Waals surface area contributed by atoms with Gasteiger partial charge in [0, 0.05) is 5.92 Å². The van der Waals surface area contributed by atoms with E-state index in [2.05, 4.69) is 15.9 Å². The van der Waals surface area contributed by atoms with Crippen LogP contribution in [0.1, 0.15) is 24.3 Å². The van der Waals surface area contributed by atoms with Gasteiger partial charge < -0.3 is 19.9 Å². The number of imide groups is 2. The fraction of sp³-hybridized carbons (Fsp3) is 0.357. The molecule has 3 fully saturated rings. The third kappa shape index (κ3) is 4.18. The number of fused-ring (bicyclic) bond motifs is 4. The molecule has 0 bridgehead atoms. The molecule has 3 N–H and O–H groups in total. The summed E-state index contributed by atoms with van der Waals surface area (Å²) in [5, 5.41) is 29.9. The van der Waals surface area contributed by atoms with Crippen LogP contribution >= 0.6 is 61.7 Å². The quantitative estimate of drug-likeness (QED) is 0.105. The van der Waals surface area contributed by atoms with Gasteiger partial charge in [0.05, 0.1) is 33.7 Å². The Labute approximate surface area is 278 Å². The molecule has 1 saturated carbocycles. The molecule has 15 heteroatoms. The van der Waals surface area contributed by atoms with Gasteiger partial charge in [0.25, 0.3) is 11.8 Å². The summed E-state index contributed by atoms with van der Waals surface area (Å²) in [6.45, 7) is 0. The second-order valence-electron chi connectivity index (χ2n) is 11.0. The monoisotopic (exact) mass is 802 g/mol. The number of hydrogen-bond donors (Lipinski definition) is 3. The Bertz CT molecular complexity index is 1640. The van der Waals surface area contributed by atoms with Crippen molar-refractivity contribution in [1.82, 2.24) is 4.90 Å². The SMILES string of the molecule is COc1cc(C2C3=CCC4C(=O)N(c5cccc(B(O)O)c5)C(=O)C4C3CC3(Cl)C(=O)N(CBr)C(=O)C23Cl)cc(I)c1O. The summed E-state index contributed by atoms with van der Waals surface area (Å²) >= 11 is 19.6. The molecule has 0 radical (unpaired) electrons. The fourth-order valence-electron chi connectivity index (χ4n) is 7.12. The standard InChI is InChI=1S/C28H23BBrCl2IN2O8/c1-43-19-8-12(7-18(33)22(19)36)21-15-5-6-16-20(17(15)10-27(31)25(39)34(11-30)26(40)28(21,27)32)24(38)35(23(16)37)14-4-2-3-13(9-14)29(41)42/h2-5,7-9,16-17,20-21,36,41-42H,6,10-11H2,1H3. The van der Waals surface area contributed by atoms with Gasteiger partial charge in [-0.2, -0.15) is 0 Å². The minimum Gasteiger partial charge on any atom is -0.504 e. The molecule has 224 valence electrons. The fourth-order valence-corrected chi connectivity index (χ4v) is 9.17. The summed E-state index contributed by atoms with van der Waals surface area (Å²) in [6, 6.07) is 9.03. The lowest BCUT2D eigenvalue weighted by atomic mass is 9.56. The van der Waals surface area contributed by atoms with Gasteiger partial charge in [-0.05, 0) is 76.6 Å². The molecule has 2 aromatic rings. The molecule has 10 nitrogen and oxygen atoms in total. The normalized spacial score (nSPS) is 31.6. The van der Waals surface area contributed by atoms with Gasteiger partial charge in [-0.25, -0.2) is 0 Å². The summed E-state index contributed by atoms with van der Waals surface area (Å²) in [5.74, 6) is -5.85. The van der Waals surface area contributed by atoms with Crippen LogP contribution in [0.4, 0.5) is 5.69 Å². The molecular weight excluding hydrogens is 781 g/mol. The van der Waals surface area contributed by atoms with Gasteiger partial charge in [0.1, 0.15) is 0 Å². The Morgan fingerprint density at radius 3 is 2.47 bits per heavy atom. The molecule has 2 aromatic carbocycles. The first-order valence-electron chi connectivity index (χ1n) is 13.2. The number of halogens is 4. The van der Waals surface area contributed by atoms with E-state index in [1.807, 2.05) is 22.6 Å². The number of carbonyl (C=O) groups excluding carboxylic acids is 4. The van der Waals surface area contributed by atoms with E-state index < -0.39 is 64.2 Å². The zero-order valence-electron chi connectivity index (χ0n) is 22.3. The zero-order chi connectivity index (χ0) is 31.2. The van der Waals surface area contributed by atoms with Crippen molar-refractivity contribution in [2.24, 2.45) is 17.8 Å². The number of nitrogens with zero attached hydrogens (tertiary/aromatic N) is 2. The number of benzene rings is 2. The number of phenolic OH excluding ortho intramolecular Hbond substituents is 1. The van der Waals surface area contributed by atoms with Crippen molar-refractivity contribution in [3.8, 4) is 11.5 Å². The molecule has 43 heavy (non-hydrogen) atoms. The van der Waals surface area contributed by atoms with Gasteiger partial charge >= 0.3 is 7.12 Å². The van der Waals surface area contributed by atoms with E-state index >= 15 is 0 Å². The van der Waals surface area contributed by atoms with Gasteiger partial charge in [-0.1, -0.05) is 39.7 Å². The van der Waals surface area contributed by atoms with Crippen LogP contribution in [0.15, 0.2) is 48.0 Å². The van der Waals surface area contributed by atoms with E-state index in [0.29, 0.717) is 14.7 Å². The van der Waals surface area contributed by atoms with Crippen molar-refractivity contribution < 1.29 is 39.1 Å². The van der Waals surface area contributed by atoms with Crippen LogP contribution in [0.5, 0.6) is 11.5 Å². The average molecular weight is 804 g/mol. The number of carbonyl (C=O) groups is 4. The maximum atomic E-state index is 14.1. The number of hydrogen-bond acceptors (Lipinski definition) is 8. The number of methoxy groups -OCH3 is 1. The Hall–Kier alpha value is -2.17. The van der Waals surface area contributed by atoms with E-state index in [1.54, 1.807) is 12.1 Å². The van der Waals surface area contributed by atoms with Crippen LogP contribution in [0, 0.1) is 21.3 Å². The highest BCUT2D eigenvalue weighted by atomic mass is 127. The number of anilines is 1. The number of rotatable bonds is 5. The third-order valence-electron chi connectivity index (χ3n) is 9.05. The Balaban J connectivity index is 1.52. The highest BCUT2D eigenvalue weighted by molar-refractivity contribution is 14.1. The summed E-state index contributed by atoms with van der Waals surface area (Å²) in [7, 11) is -0.423. The number of allylic oxidation sites excluding steroid dienone is 2. The highest BCUT2D eigenvalue weighted by Crippen LogP contribution is 2.66. The first kappa shape index (κ1) is 30.8. The largest absolute Gasteiger partial charge is 0.504 e. The van der Waals surface area contributed by atoms with Gasteiger partial charge in [-0.15, -0.1) is 23.2 Å². The van der Waals surface area contributed by atoms with Crippen LogP contribution in [-0.4, -0.2) is 73.1 Å². The van der Waals surface area contributed by atoms with Crippen molar-refractivity contribution in [1.29, 1.82) is 0 Å². The molecule has 4 aliphatic rings. The van der Waals surface area contributed by atoms with Gasteiger partial charge in [0.2, 0.25) is 11.8 Å². The second kappa shape index (κ2) is 10.7. The minimum absolute atomic E-state index is 0.108. The summed E-state index contributed by atoms with van der Waals surface area (Å²) in [4.78, 5) is 53.6. The van der Waals surface area contributed by atoms with Gasteiger partial charge in [0.15, 0.2) is 21.2 Å². The Morgan fingerprint density at radius 2 is 1.81 bits per heavy atom. The second-order valence-corrected chi connectivity index (χ2v) is 13.9. The first-order valence-corrected chi connectivity index (χ1v) is 16.2. The van der Waals surface area contributed by atoms with Crippen LogP contribution < -0.4 is 15.1 Å². The lowest BCUT2D eigenvalue weighted by molar-refractivity contribution is -0.138. The number of amides is 4. The Kier molecular flexibility index (Phi) is 7.69. The maximum absolute atomic E-state index is 14.1. The molecular formula is C28H23BBrCl2IN2O8. The van der Waals surface area contributed by atoms with Crippen LogP contribution in [0.3, 0.4) is 0 Å². The average Bonchev–Trinajstić information content (AvgIpc) is 3.32. The Morgan fingerprint density at radius 1 is 1.09 bits per heavy atom. The lowest BCUT2D eigenvalue weighted by Gasteiger charge is -2.50. The van der Waals surface area contributed by atoms with E-state index in [1.165, 1.54) is 37.4 Å². The van der Waals surface area contributed by atoms with Crippen LogP contribution in [-0.2, 0) is 19.2 Å². The van der Waals surface area contributed by atoms with Crippen LogP contribution in [0.25, 0.3) is 0 Å². The predicted molar refractivity (Wildman–Crippen MR) is 169 cm³/mol. The third-order valence-corrected chi connectivity index (χ3v) is 11.8. The number of likely N-dealkylation sites (tertiary alicyclic amines) is 1. The molecule has 2 aliphatic heterocycles. The van der Waals surface area contributed by atoms with Crippen molar-refractivity contribution in [3.63, 3.8) is 0 Å². The number of aromatic hydroxyl groups is 1. The molecule has 0 spiro atoms. The molecule has 6 unspecified atom stereocenters. The molecule has 4 amide bonds. The highest BCUT2D eigenvalue weighted by Gasteiger charge is 2.76. The molecule has 2 saturated heterocycles. The van der Waals surface area contributed by atoms with Crippen molar-refractivity contribution in [2.45, 2.75) is 28.5 Å². The molecule has 2 heterocycles. The van der Waals surface area contributed by atoms with Crippen molar-refractivity contribution in [3.05, 3.63) is 57.2 Å². The lowest BCUT2D eigenvalue weighted by Crippen LogP contribution is -2.60. The summed E-state index contributed by atoms with van der Waals surface area (Å²) in [6.07, 6.45) is 1.79. The maximum Gasteiger partial charge on any atom is 0.488 e. The molecule has 6 atom stereocenters. The predicted octanol–water partition coefficient (Wildman–Crippen LogP) is 2.60. The van der Waals surface area contributed by atoms with E-state index in [-0.39, 0.29) is 40.9 Å². The summed E-state index contributed by atoms with van der Waals surface area (Å²) < 4.78 is 5.79. The van der Waals surface area contributed by atoms with E-state index in [4.69, 9.17) is 27.9 Å². The van der Waals surface area contributed by atoms with Crippen LogP contribution in [0.2, 0.25) is 0 Å². The minimum atomic E-state index is -1.99.